The van der Waals surface area contributed by atoms with Gasteiger partial charge in [0.2, 0.25) is 0 Å². The molecule has 0 aromatic heterocycles. The van der Waals surface area contributed by atoms with Crippen molar-refractivity contribution in [1.29, 1.82) is 0 Å². The molecule has 0 aliphatic carbocycles. The normalized spacial score (nSPS) is 11.5. The van der Waals surface area contributed by atoms with Gasteiger partial charge < -0.3 is 20.3 Å². The van der Waals surface area contributed by atoms with Gasteiger partial charge >= 0.3 is 0 Å². The van der Waals surface area contributed by atoms with E-state index >= 15 is 0 Å². The second kappa shape index (κ2) is 9.82. The van der Waals surface area contributed by atoms with Gasteiger partial charge in [0, 0.05) is 32.2 Å². The maximum absolute atomic E-state index is 5.47. The smallest absolute Gasteiger partial charge is 0.191 e. The van der Waals surface area contributed by atoms with Crippen molar-refractivity contribution < 1.29 is 4.74 Å². The second-order valence-corrected chi connectivity index (χ2v) is 6.60. The first-order chi connectivity index (χ1) is 12.5. The van der Waals surface area contributed by atoms with Gasteiger partial charge in [0.15, 0.2) is 5.96 Å². The van der Waals surface area contributed by atoms with Crippen molar-refractivity contribution in [2.24, 2.45) is 4.99 Å². The van der Waals surface area contributed by atoms with Gasteiger partial charge in [-0.3, -0.25) is 4.99 Å². The molecule has 0 aliphatic rings. The monoisotopic (exact) mass is 354 g/mol. The van der Waals surface area contributed by atoms with Crippen molar-refractivity contribution in [3.8, 4) is 5.75 Å². The summed E-state index contributed by atoms with van der Waals surface area (Å²) in [4.78, 5) is 6.50. The summed E-state index contributed by atoms with van der Waals surface area (Å²) in [5.74, 6) is 1.66. The van der Waals surface area contributed by atoms with Crippen LogP contribution >= 0.6 is 0 Å². The fourth-order valence-electron chi connectivity index (χ4n) is 2.80. The predicted octanol–water partition coefficient (Wildman–Crippen LogP) is 2.93. The molecule has 26 heavy (non-hydrogen) atoms. The standard InChI is InChI=1S/C21H30N4O/c1-16-10-11-18(20(12-16)26-5)14-24-21(22-2)23-13-17-8-6-7-9-19(17)15-25(3)4/h6-12H,13-15H2,1-5H3,(H2,22,23,24). The minimum absolute atomic E-state index is 0.655. The SMILES string of the molecule is CN=C(NCc1ccccc1CN(C)C)NCc1ccc(C)cc1OC. The Morgan fingerprint density at radius 1 is 1.00 bits per heavy atom. The molecule has 0 saturated heterocycles. The summed E-state index contributed by atoms with van der Waals surface area (Å²) in [6.07, 6.45) is 0. The number of hydrogen-bond acceptors (Lipinski definition) is 3. The maximum atomic E-state index is 5.47. The maximum Gasteiger partial charge on any atom is 0.191 e. The van der Waals surface area contributed by atoms with E-state index in [1.54, 1.807) is 14.2 Å². The average molecular weight is 354 g/mol. The molecular formula is C21H30N4O. The highest BCUT2D eigenvalue weighted by Crippen LogP contribution is 2.19. The molecule has 0 aliphatic heterocycles. The Hall–Kier alpha value is -2.53. The van der Waals surface area contributed by atoms with E-state index in [9.17, 15) is 0 Å². The van der Waals surface area contributed by atoms with E-state index in [1.807, 2.05) is 6.07 Å². The van der Waals surface area contributed by atoms with Gasteiger partial charge in [-0.05, 0) is 43.8 Å². The number of hydrogen-bond donors (Lipinski definition) is 2. The Kier molecular flexibility index (Phi) is 7.48. The Bertz CT molecular complexity index is 741. The number of benzene rings is 2. The van der Waals surface area contributed by atoms with Gasteiger partial charge in [-0.25, -0.2) is 0 Å². The molecule has 0 spiro atoms. The second-order valence-electron chi connectivity index (χ2n) is 6.60. The van der Waals surface area contributed by atoms with Gasteiger partial charge in [-0.15, -0.1) is 0 Å². The van der Waals surface area contributed by atoms with Crippen LogP contribution in [0.25, 0.3) is 0 Å². The molecule has 0 amide bonds. The molecule has 0 heterocycles. The molecule has 0 radical (unpaired) electrons. The van der Waals surface area contributed by atoms with E-state index in [4.69, 9.17) is 4.74 Å². The van der Waals surface area contributed by atoms with Crippen LogP contribution in [0.15, 0.2) is 47.5 Å². The van der Waals surface area contributed by atoms with E-state index in [2.05, 4.69) is 77.9 Å². The highest BCUT2D eigenvalue weighted by atomic mass is 16.5. The molecule has 0 fully saturated rings. The van der Waals surface area contributed by atoms with Crippen LogP contribution in [0, 0.1) is 6.92 Å². The van der Waals surface area contributed by atoms with E-state index in [-0.39, 0.29) is 0 Å². The van der Waals surface area contributed by atoms with Crippen molar-refractivity contribution in [2.75, 3.05) is 28.3 Å². The summed E-state index contributed by atoms with van der Waals surface area (Å²) < 4.78 is 5.47. The summed E-state index contributed by atoms with van der Waals surface area (Å²) in [6.45, 7) is 4.37. The number of rotatable bonds is 7. The van der Waals surface area contributed by atoms with Crippen LogP contribution in [0.5, 0.6) is 5.75 Å². The Morgan fingerprint density at radius 2 is 1.65 bits per heavy atom. The van der Waals surface area contributed by atoms with Crippen LogP contribution in [-0.2, 0) is 19.6 Å². The highest BCUT2D eigenvalue weighted by molar-refractivity contribution is 5.79. The third kappa shape index (κ3) is 5.77. The number of nitrogens with one attached hydrogen (secondary N) is 2. The van der Waals surface area contributed by atoms with Gasteiger partial charge in [-0.2, -0.15) is 0 Å². The number of guanidine groups is 1. The quantitative estimate of drug-likeness (QED) is 0.593. The van der Waals surface area contributed by atoms with Crippen LogP contribution in [0.3, 0.4) is 0 Å². The summed E-state index contributed by atoms with van der Waals surface area (Å²) in [7, 11) is 7.65. The molecule has 2 aromatic carbocycles. The largest absolute Gasteiger partial charge is 0.496 e. The summed E-state index contributed by atoms with van der Waals surface area (Å²) in [5, 5.41) is 6.76. The van der Waals surface area contributed by atoms with Crippen LogP contribution in [0.1, 0.15) is 22.3 Å². The fourth-order valence-corrected chi connectivity index (χ4v) is 2.80. The molecule has 2 N–H and O–H groups in total. The zero-order valence-electron chi connectivity index (χ0n) is 16.5. The number of methoxy groups -OCH3 is 1. The van der Waals surface area contributed by atoms with Crippen molar-refractivity contribution in [1.82, 2.24) is 15.5 Å². The van der Waals surface area contributed by atoms with Crippen LogP contribution in [0.2, 0.25) is 0 Å². The van der Waals surface area contributed by atoms with Crippen molar-refractivity contribution >= 4 is 5.96 Å². The van der Waals surface area contributed by atoms with Crippen molar-refractivity contribution in [2.45, 2.75) is 26.6 Å². The lowest BCUT2D eigenvalue weighted by Crippen LogP contribution is -2.36. The lowest BCUT2D eigenvalue weighted by molar-refractivity contribution is 0.400. The highest BCUT2D eigenvalue weighted by Gasteiger charge is 2.07. The van der Waals surface area contributed by atoms with Gasteiger partial charge in [0.1, 0.15) is 5.75 Å². The molecule has 0 bridgehead atoms. The van der Waals surface area contributed by atoms with E-state index in [1.165, 1.54) is 16.7 Å². The van der Waals surface area contributed by atoms with Crippen molar-refractivity contribution in [3.05, 3.63) is 64.7 Å². The summed E-state index contributed by atoms with van der Waals surface area (Å²) >= 11 is 0. The minimum Gasteiger partial charge on any atom is -0.496 e. The molecule has 0 atom stereocenters. The predicted molar refractivity (Wildman–Crippen MR) is 109 cm³/mol. The van der Waals surface area contributed by atoms with Crippen LogP contribution in [0.4, 0.5) is 0 Å². The Labute approximate surface area is 157 Å². The lowest BCUT2D eigenvalue weighted by atomic mass is 10.1. The average Bonchev–Trinajstić information content (AvgIpc) is 2.63. The van der Waals surface area contributed by atoms with Gasteiger partial charge in [-0.1, -0.05) is 36.4 Å². The van der Waals surface area contributed by atoms with Crippen molar-refractivity contribution in [3.63, 3.8) is 0 Å². The first kappa shape index (κ1) is 19.8. The summed E-state index contributed by atoms with van der Waals surface area (Å²) in [6, 6.07) is 14.7. The fraction of sp³-hybridized carbons (Fsp3) is 0.381. The molecule has 0 saturated carbocycles. The number of aliphatic imine (C=N–C) groups is 1. The van der Waals surface area contributed by atoms with E-state index in [0.29, 0.717) is 6.54 Å². The van der Waals surface area contributed by atoms with Gasteiger partial charge in [0.05, 0.1) is 7.11 Å². The van der Waals surface area contributed by atoms with Gasteiger partial charge in [0.25, 0.3) is 0 Å². The molecule has 0 unspecified atom stereocenters. The topological polar surface area (TPSA) is 48.9 Å². The molecule has 2 rings (SSSR count). The van der Waals surface area contributed by atoms with E-state index in [0.717, 1.165) is 30.4 Å². The Balaban J connectivity index is 1.97. The Morgan fingerprint density at radius 3 is 2.27 bits per heavy atom. The zero-order chi connectivity index (χ0) is 18.9. The molecule has 2 aromatic rings. The first-order valence-electron chi connectivity index (χ1n) is 8.83. The third-order valence-electron chi connectivity index (χ3n) is 4.16. The molecule has 140 valence electrons. The zero-order valence-corrected chi connectivity index (χ0v) is 16.5. The molecule has 5 heteroatoms. The minimum atomic E-state index is 0.655. The van der Waals surface area contributed by atoms with E-state index < -0.39 is 0 Å². The summed E-state index contributed by atoms with van der Waals surface area (Å²) in [5.41, 5.74) is 4.89. The molecular weight excluding hydrogens is 324 g/mol. The van der Waals surface area contributed by atoms with Crippen LogP contribution in [-0.4, -0.2) is 39.1 Å². The number of nitrogens with zero attached hydrogens (tertiary/aromatic N) is 2. The third-order valence-corrected chi connectivity index (χ3v) is 4.16. The molecule has 5 nitrogen and oxygen atoms in total. The van der Waals surface area contributed by atoms with Crippen LogP contribution < -0.4 is 15.4 Å². The first-order valence-corrected chi connectivity index (χ1v) is 8.83. The number of ether oxygens (including phenoxy) is 1. The lowest BCUT2D eigenvalue weighted by Gasteiger charge is -2.17. The number of aryl methyl sites for hydroxylation is 1.